The Hall–Kier alpha value is 0.440. The van der Waals surface area contributed by atoms with E-state index in [-0.39, 0.29) is 0 Å². The molecule has 0 rings (SSSR count). The zero-order valence-electron chi connectivity index (χ0n) is 13.9. The maximum Gasteiger partial charge on any atom is 0.133 e. The standard InChI is InChI=1S/C14H29N3S4/c1-10(2)15-13(18)20-8-12(7-17(5)6)9-21-14(19)16-11(3)4/h10-12H,7-9H2,1-6H3,(H,15,18)(H,16,19). The summed E-state index contributed by atoms with van der Waals surface area (Å²) in [5.74, 6) is 2.61. The number of hydrogen-bond donors (Lipinski definition) is 2. The average molecular weight is 368 g/mol. The third kappa shape index (κ3) is 13.8. The second-order valence-electron chi connectivity index (χ2n) is 5.92. The number of nitrogens with zero attached hydrogens (tertiary/aromatic N) is 1. The van der Waals surface area contributed by atoms with Gasteiger partial charge in [-0.3, -0.25) is 0 Å². The Balaban J connectivity index is 4.20. The molecule has 7 heteroatoms. The molecule has 3 nitrogen and oxygen atoms in total. The van der Waals surface area contributed by atoms with Crippen molar-refractivity contribution in [1.82, 2.24) is 15.5 Å². The van der Waals surface area contributed by atoms with Gasteiger partial charge in [0.2, 0.25) is 0 Å². The van der Waals surface area contributed by atoms with Crippen LogP contribution in [0.1, 0.15) is 27.7 Å². The predicted octanol–water partition coefficient (Wildman–Crippen LogP) is 3.20. The van der Waals surface area contributed by atoms with Crippen molar-refractivity contribution in [2.75, 3.05) is 32.1 Å². The molecule has 21 heavy (non-hydrogen) atoms. The third-order valence-electron chi connectivity index (χ3n) is 2.34. The van der Waals surface area contributed by atoms with Gasteiger partial charge in [-0.05, 0) is 47.7 Å². The maximum atomic E-state index is 5.35. The van der Waals surface area contributed by atoms with E-state index in [2.05, 4.69) is 57.3 Å². The highest BCUT2D eigenvalue weighted by Gasteiger charge is 2.14. The van der Waals surface area contributed by atoms with Gasteiger partial charge in [-0.2, -0.15) is 0 Å². The van der Waals surface area contributed by atoms with Crippen LogP contribution in [0.25, 0.3) is 0 Å². The van der Waals surface area contributed by atoms with Crippen LogP contribution >= 0.6 is 48.0 Å². The van der Waals surface area contributed by atoms with Crippen molar-refractivity contribution in [3.8, 4) is 0 Å². The van der Waals surface area contributed by atoms with E-state index in [1.54, 1.807) is 23.5 Å². The minimum absolute atomic E-state index is 0.398. The fraction of sp³-hybridized carbons (Fsp3) is 0.857. The van der Waals surface area contributed by atoms with E-state index < -0.39 is 0 Å². The Bertz CT molecular complexity index is 293. The Kier molecular flexibility index (Phi) is 12.2. The first-order chi connectivity index (χ1) is 9.70. The quantitative estimate of drug-likeness (QED) is 0.636. The molecule has 0 saturated carbocycles. The summed E-state index contributed by atoms with van der Waals surface area (Å²) in [7, 11) is 4.22. The van der Waals surface area contributed by atoms with Gasteiger partial charge in [0.05, 0.1) is 0 Å². The van der Waals surface area contributed by atoms with Crippen molar-refractivity contribution < 1.29 is 0 Å². The van der Waals surface area contributed by atoms with Gasteiger partial charge < -0.3 is 15.5 Å². The van der Waals surface area contributed by atoms with Gasteiger partial charge in [-0.15, -0.1) is 0 Å². The first-order valence-corrected chi connectivity index (χ1v) is 10.0. The summed E-state index contributed by atoms with van der Waals surface area (Å²) >= 11 is 14.2. The number of thiocarbonyl (C=S) groups is 2. The van der Waals surface area contributed by atoms with Crippen LogP contribution in [-0.4, -0.2) is 57.8 Å². The molecule has 0 heterocycles. The second-order valence-corrected chi connectivity index (χ2v) is 9.32. The number of rotatable bonds is 8. The first-order valence-electron chi connectivity index (χ1n) is 7.22. The van der Waals surface area contributed by atoms with E-state index in [9.17, 15) is 0 Å². The molecular weight excluding hydrogens is 338 g/mol. The molecule has 0 radical (unpaired) electrons. The molecule has 0 atom stereocenters. The lowest BCUT2D eigenvalue weighted by molar-refractivity contribution is 0.360. The third-order valence-corrected chi connectivity index (χ3v) is 5.32. The summed E-state index contributed by atoms with van der Waals surface area (Å²) in [6.07, 6.45) is 0. The Labute approximate surface area is 149 Å². The second kappa shape index (κ2) is 11.9. The molecule has 0 aliphatic heterocycles. The Morgan fingerprint density at radius 3 is 1.57 bits per heavy atom. The molecule has 0 aromatic heterocycles. The minimum Gasteiger partial charge on any atom is -0.369 e. The zero-order chi connectivity index (χ0) is 16.4. The minimum atomic E-state index is 0.398. The summed E-state index contributed by atoms with van der Waals surface area (Å²) in [6.45, 7) is 9.48. The molecule has 0 saturated heterocycles. The van der Waals surface area contributed by atoms with Crippen LogP contribution in [0.3, 0.4) is 0 Å². The Morgan fingerprint density at radius 1 is 0.905 bits per heavy atom. The largest absolute Gasteiger partial charge is 0.369 e. The molecule has 2 N–H and O–H groups in total. The highest BCUT2D eigenvalue weighted by molar-refractivity contribution is 8.23. The molecular formula is C14H29N3S4. The molecule has 0 fully saturated rings. The van der Waals surface area contributed by atoms with Crippen LogP contribution in [-0.2, 0) is 0 Å². The molecule has 0 aromatic carbocycles. The molecule has 0 aromatic rings. The highest BCUT2D eigenvalue weighted by atomic mass is 32.2. The first kappa shape index (κ1) is 21.4. The van der Waals surface area contributed by atoms with E-state index in [0.717, 1.165) is 26.7 Å². The van der Waals surface area contributed by atoms with E-state index >= 15 is 0 Å². The number of thioether (sulfide) groups is 2. The molecule has 0 spiro atoms. The Morgan fingerprint density at radius 2 is 1.29 bits per heavy atom. The van der Waals surface area contributed by atoms with E-state index in [0.29, 0.717) is 18.0 Å². The molecule has 124 valence electrons. The molecule has 0 bridgehead atoms. The van der Waals surface area contributed by atoms with Crippen molar-refractivity contribution in [1.29, 1.82) is 0 Å². The van der Waals surface area contributed by atoms with Crippen molar-refractivity contribution in [2.24, 2.45) is 5.92 Å². The lowest BCUT2D eigenvalue weighted by atomic mass is 10.2. The van der Waals surface area contributed by atoms with Crippen molar-refractivity contribution in [3.05, 3.63) is 0 Å². The van der Waals surface area contributed by atoms with Crippen molar-refractivity contribution >= 4 is 56.6 Å². The van der Waals surface area contributed by atoms with Gasteiger partial charge in [0.15, 0.2) is 0 Å². The van der Waals surface area contributed by atoms with Gasteiger partial charge in [0, 0.05) is 30.1 Å². The fourth-order valence-corrected chi connectivity index (χ4v) is 4.50. The molecule has 0 aliphatic carbocycles. The van der Waals surface area contributed by atoms with Crippen LogP contribution in [0.4, 0.5) is 0 Å². The average Bonchev–Trinajstić information content (AvgIpc) is 2.30. The van der Waals surface area contributed by atoms with Gasteiger partial charge in [-0.25, -0.2) is 0 Å². The van der Waals surface area contributed by atoms with E-state index in [1.807, 2.05) is 0 Å². The predicted molar refractivity (Wildman–Crippen MR) is 109 cm³/mol. The van der Waals surface area contributed by atoms with Crippen LogP contribution in [0.5, 0.6) is 0 Å². The number of hydrogen-bond acceptors (Lipinski definition) is 5. The summed E-state index contributed by atoms with van der Waals surface area (Å²) < 4.78 is 1.78. The van der Waals surface area contributed by atoms with Gasteiger partial charge in [0.1, 0.15) is 8.64 Å². The molecule has 0 amide bonds. The summed E-state index contributed by atoms with van der Waals surface area (Å²) in [6, 6.07) is 0.795. The van der Waals surface area contributed by atoms with E-state index in [4.69, 9.17) is 24.4 Å². The zero-order valence-corrected chi connectivity index (χ0v) is 17.2. The molecule has 0 unspecified atom stereocenters. The molecule has 0 aliphatic rings. The summed E-state index contributed by atoms with van der Waals surface area (Å²) in [5, 5.41) is 6.56. The normalized spacial score (nSPS) is 11.5. The maximum absolute atomic E-state index is 5.35. The monoisotopic (exact) mass is 367 g/mol. The number of nitrogens with one attached hydrogen (secondary N) is 2. The van der Waals surface area contributed by atoms with Crippen LogP contribution < -0.4 is 10.6 Å². The summed E-state index contributed by atoms with van der Waals surface area (Å²) in [4.78, 5) is 2.23. The van der Waals surface area contributed by atoms with Gasteiger partial charge in [-0.1, -0.05) is 48.0 Å². The SMILES string of the molecule is CC(C)NC(=S)SCC(CSC(=S)NC(C)C)CN(C)C. The van der Waals surface area contributed by atoms with Crippen molar-refractivity contribution in [2.45, 2.75) is 39.8 Å². The van der Waals surface area contributed by atoms with Crippen LogP contribution in [0, 0.1) is 5.92 Å². The highest BCUT2D eigenvalue weighted by Crippen LogP contribution is 2.17. The van der Waals surface area contributed by atoms with Gasteiger partial charge in [0.25, 0.3) is 0 Å². The van der Waals surface area contributed by atoms with Crippen LogP contribution in [0.15, 0.2) is 0 Å². The van der Waals surface area contributed by atoms with Crippen molar-refractivity contribution in [3.63, 3.8) is 0 Å². The summed E-state index contributed by atoms with van der Waals surface area (Å²) in [5.41, 5.74) is 0. The van der Waals surface area contributed by atoms with Gasteiger partial charge >= 0.3 is 0 Å². The van der Waals surface area contributed by atoms with E-state index in [1.165, 1.54) is 0 Å². The smallest absolute Gasteiger partial charge is 0.133 e. The fourth-order valence-electron chi connectivity index (χ4n) is 1.61. The topological polar surface area (TPSA) is 27.3 Å². The lowest BCUT2D eigenvalue weighted by Gasteiger charge is -2.22. The lowest BCUT2D eigenvalue weighted by Crippen LogP contribution is -2.31. The van der Waals surface area contributed by atoms with Crippen LogP contribution in [0.2, 0.25) is 0 Å².